The summed E-state index contributed by atoms with van der Waals surface area (Å²) in [6, 6.07) is -0.804. The van der Waals surface area contributed by atoms with Crippen molar-refractivity contribution >= 4 is 5.91 Å². The standard InChI is InChI=1S/C42H79NO8/c1-3-5-7-9-11-13-15-17-18-20-22-24-26-28-30-32-38(46)43-35(34-50-42-41(49)40(48)39(47)37(33-44)51-42)36(45)31-29-27-25-23-21-19-16-14-12-10-8-6-4-2/h17-18,29,31,35-37,39-42,44-45,47-49H,3-16,19-28,30,32-34H2,1-2H3,(H,43,46)/b18-17-,31-29+. The third-order valence-electron chi connectivity index (χ3n) is 10.0. The number of allylic oxidation sites excluding steroid dienone is 3. The highest BCUT2D eigenvalue weighted by atomic mass is 16.7. The van der Waals surface area contributed by atoms with Crippen molar-refractivity contribution in [3.05, 3.63) is 24.3 Å². The zero-order valence-electron chi connectivity index (χ0n) is 32.6. The molecular formula is C42H79NO8. The van der Waals surface area contributed by atoms with E-state index in [-0.39, 0.29) is 12.5 Å². The van der Waals surface area contributed by atoms with Gasteiger partial charge in [0.25, 0.3) is 0 Å². The Morgan fingerprint density at radius 2 is 1.10 bits per heavy atom. The monoisotopic (exact) mass is 726 g/mol. The Bertz CT molecular complexity index is 853. The zero-order chi connectivity index (χ0) is 37.4. The molecule has 1 amide bonds. The molecule has 51 heavy (non-hydrogen) atoms. The van der Waals surface area contributed by atoms with Crippen LogP contribution < -0.4 is 5.32 Å². The van der Waals surface area contributed by atoms with Gasteiger partial charge >= 0.3 is 0 Å². The molecule has 0 saturated carbocycles. The van der Waals surface area contributed by atoms with Crippen molar-refractivity contribution < 1.29 is 39.8 Å². The maximum Gasteiger partial charge on any atom is 0.220 e. The molecule has 7 atom stereocenters. The van der Waals surface area contributed by atoms with Crippen molar-refractivity contribution in [1.82, 2.24) is 5.32 Å². The predicted octanol–water partition coefficient (Wildman–Crippen LogP) is 7.94. The second-order valence-electron chi connectivity index (χ2n) is 14.8. The quantitative estimate of drug-likeness (QED) is 0.0289. The van der Waals surface area contributed by atoms with Crippen molar-refractivity contribution in [2.24, 2.45) is 0 Å². The highest BCUT2D eigenvalue weighted by Gasteiger charge is 2.44. The van der Waals surface area contributed by atoms with Gasteiger partial charge in [-0.15, -0.1) is 0 Å². The molecular weight excluding hydrogens is 646 g/mol. The molecule has 1 saturated heterocycles. The molecule has 0 radical (unpaired) electrons. The van der Waals surface area contributed by atoms with E-state index >= 15 is 0 Å². The maximum atomic E-state index is 12.9. The first-order chi connectivity index (χ1) is 24.8. The number of hydrogen-bond acceptors (Lipinski definition) is 8. The van der Waals surface area contributed by atoms with Gasteiger partial charge in [-0.05, 0) is 44.9 Å². The maximum absolute atomic E-state index is 12.9. The number of hydrogen-bond donors (Lipinski definition) is 6. The van der Waals surface area contributed by atoms with Crippen molar-refractivity contribution in [1.29, 1.82) is 0 Å². The Labute approximate surface area is 311 Å². The summed E-state index contributed by atoms with van der Waals surface area (Å²) in [6.45, 7) is 3.74. The van der Waals surface area contributed by atoms with E-state index in [4.69, 9.17) is 9.47 Å². The molecule has 1 rings (SSSR count). The van der Waals surface area contributed by atoms with Crippen LogP contribution in [0.5, 0.6) is 0 Å². The van der Waals surface area contributed by atoms with E-state index < -0.39 is 49.5 Å². The van der Waals surface area contributed by atoms with Gasteiger partial charge in [-0.25, -0.2) is 0 Å². The fourth-order valence-electron chi connectivity index (χ4n) is 6.56. The Morgan fingerprint density at radius 1 is 0.647 bits per heavy atom. The van der Waals surface area contributed by atoms with E-state index in [2.05, 4.69) is 31.3 Å². The van der Waals surface area contributed by atoms with E-state index in [9.17, 15) is 30.3 Å². The molecule has 9 nitrogen and oxygen atoms in total. The highest BCUT2D eigenvalue weighted by molar-refractivity contribution is 5.76. The molecule has 6 N–H and O–H groups in total. The van der Waals surface area contributed by atoms with Gasteiger partial charge in [0.1, 0.15) is 24.4 Å². The van der Waals surface area contributed by atoms with E-state index in [0.29, 0.717) is 6.42 Å². The van der Waals surface area contributed by atoms with Crippen molar-refractivity contribution in [2.75, 3.05) is 13.2 Å². The lowest BCUT2D eigenvalue weighted by Crippen LogP contribution is -2.60. The van der Waals surface area contributed by atoms with Crippen LogP contribution in [0.4, 0.5) is 0 Å². The van der Waals surface area contributed by atoms with Gasteiger partial charge in [-0.1, -0.05) is 154 Å². The van der Waals surface area contributed by atoms with E-state index in [0.717, 1.165) is 57.8 Å². The van der Waals surface area contributed by atoms with Crippen molar-refractivity contribution in [3.63, 3.8) is 0 Å². The topological polar surface area (TPSA) is 149 Å². The summed E-state index contributed by atoms with van der Waals surface area (Å²) in [6.07, 6.45) is 30.7. The summed E-state index contributed by atoms with van der Waals surface area (Å²) in [4.78, 5) is 12.9. The number of rotatable bonds is 34. The average Bonchev–Trinajstić information content (AvgIpc) is 3.13. The SMILES string of the molecule is CCCCCCCC/C=C\CCCCCCCC(=O)NC(COC1OC(CO)C(O)C(O)C1O)C(O)/C=C/CCCCCCCCCCCCC. The number of ether oxygens (including phenoxy) is 2. The van der Waals surface area contributed by atoms with Gasteiger partial charge in [-0.3, -0.25) is 4.79 Å². The second-order valence-corrected chi connectivity index (χ2v) is 14.8. The van der Waals surface area contributed by atoms with E-state index in [1.165, 1.54) is 103 Å². The minimum Gasteiger partial charge on any atom is -0.394 e. The van der Waals surface area contributed by atoms with Gasteiger partial charge in [-0.2, -0.15) is 0 Å². The number of nitrogens with one attached hydrogen (secondary N) is 1. The van der Waals surface area contributed by atoms with Crippen LogP contribution in [0.2, 0.25) is 0 Å². The van der Waals surface area contributed by atoms with Crippen molar-refractivity contribution in [2.45, 2.75) is 224 Å². The number of carbonyl (C=O) groups excluding carboxylic acids is 1. The molecule has 7 unspecified atom stereocenters. The lowest BCUT2D eigenvalue weighted by molar-refractivity contribution is -0.302. The van der Waals surface area contributed by atoms with Gasteiger partial charge in [0.15, 0.2) is 6.29 Å². The lowest BCUT2D eigenvalue weighted by Gasteiger charge is -2.40. The van der Waals surface area contributed by atoms with Gasteiger partial charge in [0, 0.05) is 6.42 Å². The fourth-order valence-corrected chi connectivity index (χ4v) is 6.56. The second kappa shape index (κ2) is 33.3. The summed E-state index contributed by atoms with van der Waals surface area (Å²) in [5.74, 6) is -0.187. The molecule has 0 aromatic carbocycles. The van der Waals surface area contributed by atoms with Crippen LogP contribution in [0.1, 0.15) is 181 Å². The van der Waals surface area contributed by atoms with Crippen LogP contribution in [0.15, 0.2) is 24.3 Å². The third-order valence-corrected chi connectivity index (χ3v) is 10.0. The predicted molar refractivity (Wildman–Crippen MR) is 207 cm³/mol. The molecule has 1 heterocycles. The first-order valence-corrected chi connectivity index (χ1v) is 21.1. The Balaban J connectivity index is 2.42. The van der Waals surface area contributed by atoms with Gasteiger partial charge in [0.05, 0.1) is 25.4 Å². The number of aliphatic hydroxyl groups excluding tert-OH is 5. The molecule has 300 valence electrons. The summed E-state index contributed by atoms with van der Waals surface area (Å²) in [5, 5.41) is 54.0. The third kappa shape index (κ3) is 24.6. The molecule has 0 aromatic rings. The number of amides is 1. The molecule has 0 spiro atoms. The number of carbonyl (C=O) groups is 1. The molecule has 0 aliphatic carbocycles. The molecule has 1 aliphatic heterocycles. The fraction of sp³-hybridized carbons (Fsp3) is 0.881. The van der Waals surface area contributed by atoms with Crippen LogP contribution in [0.25, 0.3) is 0 Å². The molecule has 1 fully saturated rings. The molecule has 1 aliphatic rings. The first kappa shape index (κ1) is 47.7. The highest BCUT2D eigenvalue weighted by Crippen LogP contribution is 2.22. The molecule has 0 aromatic heterocycles. The Morgan fingerprint density at radius 3 is 1.59 bits per heavy atom. The largest absolute Gasteiger partial charge is 0.394 e. The van der Waals surface area contributed by atoms with Gasteiger partial charge < -0.3 is 40.3 Å². The van der Waals surface area contributed by atoms with Crippen LogP contribution >= 0.6 is 0 Å². The summed E-state index contributed by atoms with van der Waals surface area (Å²) < 4.78 is 11.2. The normalized spacial score (nSPS) is 22.2. The molecule has 9 heteroatoms. The minimum absolute atomic E-state index is 0.187. The minimum atomic E-state index is -1.56. The lowest BCUT2D eigenvalue weighted by atomic mass is 9.99. The summed E-state index contributed by atoms with van der Waals surface area (Å²) >= 11 is 0. The van der Waals surface area contributed by atoms with Crippen LogP contribution in [0.3, 0.4) is 0 Å². The average molecular weight is 726 g/mol. The number of aliphatic hydroxyl groups is 5. The van der Waals surface area contributed by atoms with E-state index in [1.54, 1.807) is 6.08 Å². The zero-order valence-corrected chi connectivity index (χ0v) is 32.6. The van der Waals surface area contributed by atoms with Crippen LogP contribution in [-0.2, 0) is 14.3 Å². The van der Waals surface area contributed by atoms with E-state index in [1.807, 2.05) is 6.08 Å². The Hall–Kier alpha value is -1.33. The summed E-state index contributed by atoms with van der Waals surface area (Å²) in [7, 11) is 0. The first-order valence-electron chi connectivity index (χ1n) is 21.1. The number of unbranched alkanes of at least 4 members (excludes halogenated alkanes) is 22. The molecule has 0 bridgehead atoms. The summed E-state index contributed by atoms with van der Waals surface area (Å²) in [5.41, 5.74) is 0. The van der Waals surface area contributed by atoms with Crippen LogP contribution in [-0.4, -0.2) is 87.5 Å². The van der Waals surface area contributed by atoms with Crippen molar-refractivity contribution in [3.8, 4) is 0 Å². The van der Waals surface area contributed by atoms with Crippen LogP contribution in [0, 0.1) is 0 Å². The smallest absolute Gasteiger partial charge is 0.220 e. The Kier molecular flexibility index (Phi) is 31.1. The van der Waals surface area contributed by atoms with Gasteiger partial charge in [0.2, 0.25) is 5.91 Å².